The molecule has 3 nitrogen and oxygen atoms in total. The van der Waals surface area contributed by atoms with E-state index in [1.165, 1.54) is 5.56 Å². The minimum Gasteiger partial charge on any atom is -0.470 e. The predicted molar refractivity (Wildman–Crippen MR) is 68.1 cm³/mol. The summed E-state index contributed by atoms with van der Waals surface area (Å²) in [5, 5.41) is 0.0495. The van der Waals surface area contributed by atoms with Crippen LogP contribution in [0.1, 0.15) is 5.56 Å². The summed E-state index contributed by atoms with van der Waals surface area (Å²) in [7, 11) is 0. The second-order valence-electron chi connectivity index (χ2n) is 3.08. The molecular formula is C10H15ClN2OS. The van der Waals surface area contributed by atoms with E-state index in [0.29, 0.717) is 6.61 Å². The third-order valence-corrected chi connectivity index (χ3v) is 1.90. The second kappa shape index (κ2) is 7.45. The maximum atomic E-state index is 5.81. The van der Waals surface area contributed by atoms with Crippen molar-refractivity contribution in [2.45, 2.75) is 12.5 Å². The van der Waals surface area contributed by atoms with Gasteiger partial charge in [0.1, 0.15) is 6.61 Å². The molecule has 1 aromatic carbocycles. The summed E-state index contributed by atoms with van der Waals surface area (Å²) in [6, 6.07) is 9.92. The Morgan fingerprint density at radius 1 is 1.33 bits per heavy atom. The number of hydrogen-bond acceptors (Lipinski definition) is 3. The van der Waals surface area contributed by atoms with Crippen LogP contribution < -0.4 is 11.5 Å². The molecule has 1 rings (SSSR count). The first kappa shape index (κ1) is 14.2. The Labute approximate surface area is 101 Å². The lowest BCUT2D eigenvalue weighted by Gasteiger charge is -2.11. The maximum absolute atomic E-state index is 5.81. The van der Waals surface area contributed by atoms with Gasteiger partial charge >= 0.3 is 0 Å². The van der Waals surface area contributed by atoms with Gasteiger partial charge < -0.3 is 16.2 Å². The molecule has 5 heteroatoms. The van der Waals surface area contributed by atoms with E-state index in [0.717, 1.165) is 6.42 Å². The van der Waals surface area contributed by atoms with Crippen LogP contribution in [-0.4, -0.2) is 17.8 Å². The summed E-state index contributed by atoms with van der Waals surface area (Å²) in [5.74, 6) is 0. The molecular weight excluding hydrogens is 232 g/mol. The topological polar surface area (TPSA) is 61.3 Å². The minimum absolute atomic E-state index is 0. The van der Waals surface area contributed by atoms with Crippen molar-refractivity contribution in [3.8, 4) is 0 Å². The molecule has 0 saturated heterocycles. The largest absolute Gasteiger partial charge is 0.470 e. The first-order valence-electron chi connectivity index (χ1n) is 4.40. The summed E-state index contributed by atoms with van der Waals surface area (Å²) in [6.07, 6.45) is 0.767. The number of ether oxygens (including phenoxy) is 1. The lowest BCUT2D eigenvalue weighted by molar-refractivity contribution is 0.278. The fraction of sp³-hybridized carbons (Fsp3) is 0.300. The smallest absolute Gasteiger partial charge is 0.254 e. The highest BCUT2D eigenvalue weighted by atomic mass is 35.5. The van der Waals surface area contributed by atoms with Gasteiger partial charge in [0.25, 0.3) is 5.17 Å². The highest BCUT2D eigenvalue weighted by Gasteiger charge is 2.04. The average molecular weight is 247 g/mol. The van der Waals surface area contributed by atoms with Gasteiger partial charge in [0.05, 0.1) is 0 Å². The molecule has 0 aliphatic heterocycles. The number of rotatable bonds is 4. The third-order valence-electron chi connectivity index (χ3n) is 1.78. The first-order valence-corrected chi connectivity index (χ1v) is 4.81. The Balaban J connectivity index is 0.00000196. The van der Waals surface area contributed by atoms with Gasteiger partial charge in [-0.05, 0) is 24.2 Å². The van der Waals surface area contributed by atoms with Crippen LogP contribution in [0, 0.1) is 0 Å². The number of benzene rings is 1. The van der Waals surface area contributed by atoms with E-state index in [9.17, 15) is 0 Å². The highest BCUT2D eigenvalue weighted by Crippen LogP contribution is 2.01. The van der Waals surface area contributed by atoms with Crippen molar-refractivity contribution in [1.82, 2.24) is 0 Å². The van der Waals surface area contributed by atoms with Gasteiger partial charge in [-0.25, -0.2) is 0 Å². The fourth-order valence-corrected chi connectivity index (χ4v) is 1.23. The van der Waals surface area contributed by atoms with Crippen LogP contribution in [0.15, 0.2) is 30.3 Å². The van der Waals surface area contributed by atoms with Crippen molar-refractivity contribution in [3.05, 3.63) is 35.9 Å². The number of thiocarbonyl (C=S) groups is 1. The van der Waals surface area contributed by atoms with Crippen molar-refractivity contribution in [1.29, 1.82) is 0 Å². The van der Waals surface area contributed by atoms with Crippen molar-refractivity contribution in [3.63, 3.8) is 0 Å². The Morgan fingerprint density at radius 3 is 2.47 bits per heavy atom. The molecule has 0 aliphatic rings. The van der Waals surface area contributed by atoms with Crippen LogP contribution in [0.3, 0.4) is 0 Å². The zero-order valence-electron chi connectivity index (χ0n) is 8.26. The predicted octanol–water partition coefficient (Wildman–Crippen LogP) is 1.24. The van der Waals surface area contributed by atoms with E-state index < -0.39 is 0 Å². The zero-order valence-corrected chi connectivity index (χ0v) is 9.89. The Bertz CT molecular complexity index is 295. The normalized spacial score (nSPS) is 11.3. The van der Waals surface area contributed by atoms with Gasteiger partial charge in [-0.15, -0.1) is 12.4 Å². The summed E-state index contributed by atoms with van der Waals surface area (Å²) >= 11 is 4.58. The van der Waals surface area contributed by atoms with E-state index in [2.05, 4.69) is 12.2 Å². The number of halogens is 1. The molecule has 0 bridgehead atoms. The Morgan fingerprint density at radius 2 is 1.93 bits per heavy atom. The van der Waals surface area contributed by atoms with Crippen molar-refractivity contribution in [2.24, 2.45) is 11.5 Å². The van der Waals surface area contributed by atoms with E-state index in [-0.39, 0.29) is 23.6 Å². The molecule has 1 atom stereocenters. The van der Waals surface area contributed by atoms with Gasteiger partial charge in [-0.1, -0.05) is 30.3 Å². The van der Waals surface area contributed by atoms with Gasteiger partial charge in [-0.2, -0.15) is 0 Å². The molecule has 1 aromatic rings. The molecule has 0 radical (unpaired) electrons. The molecule has 0 aliphatic carbocycles. The van der Waals surface area contributed by atoms with Crippen molar-refractivity contribution >= 4 is 29.8 Å². The molecule has 0 amide bonds. The van der Waals surface area contributed by atoms with Crippen molar-refractivity contribution in [2.75, 3.05) is 6.61 Å². The van der Waals surface area contributed by atoms with Crippen LogP contribution in [0.2, 0.25) is 0 Å². The minimum atomic E-state index is -0.0705. The van der Waals surface area contributed by atoms with Gasteiger partial charge in [0, 0.05) is 6.04 Å². The SMILES string of the molecule is Cl.NC(=S)OC[C@H](N)Cc1ccccc1. The van der Waals surface area contributed by atoms with E-state index in [4.69, 9.17) is 16.2 Å². The molecule has 84 valence electrons. The summed E-state index contributed by atoms with van der Waals surface area (Å²) in [5.41, 5.74) is 12.2. The second-order valence-corrected chi connectivity index (χ2v) is 3.48. The van der Waals surface area contributed by atoms with Crippen LogP contribution in [0.4, 0.5) is 0 Å². The van der Waals surface area contributed by atoms with Crippen LogP contribution in [0.25, 0.3) is 0 Å². The molecule has 0 unspecified atom stereocenters. The summed E-state index contributed by atoms with van der Waals surface area (Å²) in [6.45, 7) is 0.365. The Hall–Kier alpha value is -0.840. The van der Waals surface area contributed by atoms with Gasteiger partial charge in [-0.3, -0.25) is 0 Å². The third kappa shape index (κ3) is 6.28. The van der Waals surface area contributed by atoms with Gasteiger partial charge in [0.15, 0.2) is 0 Å². The van der Waals surface area contributed by atoms with Crippen molar-refractivity contribution < 1.29 is 4.74 Å². The quantitative estimate of drug-likeness (QED) is 0.785. The lowest BCUT2D eigenvalue weighted by Crippen LogP contribution is -2.31. The van der Waals surface area contributed by atoms with Gasteiger partial charge in [0.2, 0.25) is 0 Å². The monoisotopic (exact) mass is 246 g/mol. The molecule has 0 saturated carbocycles. The summed E-state index contributed by atoms with van der Waals surface area (Å²) < 4.78 is 4.96. The standard InChI is InChI=1S/C10H14N2OS.ClH/c11-9(7-13-10(12)14)6-8-4-2-1-3-5-8;/h1-5,9H,6-7,11H2,(H2,12,14);1H/t9-;/m1./s1. The molecule has 0 spiro atoms. The van der Waals surface area contributed by atoms with E-state index in [1.807, 2.05) is 30.3 Å². The molecule has 15 heavy (non-hydrogen) atoms. The number of hydrogen-bond donors (Lipinski definition) is 2. The lowest BCUT2D eigenvalue weighted by atomic mass is 10.1. The Kier molecular flexibility index (Phi) is 7.03. The highest BCUT2D eigenvalue weighted by molar-refractivity contribution is 7.80. The molecule has 4 N–H and O–H groups in total. The zero-order chi connectivity index (χ0) is 10.4. The van der Waals surface area contributed by atoms with Crippen LogP contribution in [0.5, 0.6) is 0 Å². The van der Waals surface area contributed by atoms with Crippen LogP contribution >= 0.6 is 24.6 Å². The molecule has 0 aromatic heterocycles. The number of nitrogens with two attached hydrogens (primary N) is 2. The maximum Gasteiger partial charge on any atom is 0.254 e. The molecule has 0 fully saturated rings. The first-order chi connectivity index (χ1) is 6.68. The average Bonchev–Trinajstić information content (AvgIpc) is 2.16. The fourth-order valence-electron chi connectivity index (χ4n) is 1.16. The van der Waals surface area contributed by atoms with E-state index in [1.54, 1.807) is 0 Å². The van der Waals surface area contributed by atoms with E-state index >= 15 is 0 Å². The van der Waals surface area contributed by atoms with Crippen LogP contribution in [-0.2, 0) is 11.2 Å². The summed E-state index contributed by atoms with van der Waals surface area (Å²) in [4.78, 5) is 0. The molecule has 0 heterocycles.